The lowest BCUT2D eigenvalue weighted by molar-refractivity contribution is 0.0747. The molecule has 7 nitrogen and oxygen atoms in total. The molecule has 2 aromatic carbocycles. The molecular weight excluding hydrogens is 419 g/mol. The van der Waals surface area contributed by atoms with Crippen molar-refractivity contribution in [2.24, 2.45) is 0 Å². The summed E-state index contributed by atoms with van der Waals surface area (Å²) in [6, 6.07) is 15.8. The second-order valence-corrected chi connectivity index (χ2v) is 8.01. The molecule has 1 fully saturated rings. The van der Waals surface area contributed by atoms with Gasteiger partial charge in [0, 0.05) is 50.3 Å². The van der Waals surface area contributed by atoms with E-state index in [4.69, 9.17) is 5.10 Å². The van der Waals surface area contributed by atoms with Crippen molar-refractivity contribution in [3.63, 3.8) is 0 Å². The van der Waals surface area contributed by atoms with E-state index in [1.165, 1.54) is 12.1 Å². The van der Waals surface area contributed by atoms with Gasteiger partial charge in [0.05, 0.1) is 11.3 Å². The van der Waals surface area contributed by atoms with Gasteiger partial charge in [-0.1, -0.05) is 23.8 Å². The van der Waals surface area contributed by atoms with Crippen molar-refractivity contribution >= 4 is 11.9 Å². The molecule has 0 bridgehead atoms. The first-order valence-corrected chi connectivity index (χ1v) is 10.8. The number of carbonyl (C=O) groups excluding carboxylic acids is 1. The Morgan fingerprint density at radius 1 is 0.939 bits per heavy atom. The molecule has 1 aliphatic rings. The van der Waals surface area contributed by atoms with E-state index in [1.54, 1.807) is 41.5 Å². The van der Waals surface area contributed by atoms with E-state index in [0.29, 0.717) is 49.1 Å². The molecule has 4 aromatic rings. The quantitative estimate of drug-likeness (QED) is 0.482. The number of halogens is 1. The summed E-state index contributed by atoms with van der Waals surface area (Å²) in [5.74, 6) is 0.282. The minimum Gasteiger partial charge on any atom is -0.337 e. The maximum Gasteiger partial charge on any atom is 0.257 e. The minimum absolute atomic E-state index is 0.0755. The first-order valence-electron chi connectivity index (χ1n) is 10.8. The molecule has 5 rings (SSSR count). The van der Waals surface area contributed by atoms with Crippen molar-refractivity contribution in [3.8, 4) is 16.9 Å². The maximum atomic E-state index is 13.6. The summed E-state index contributed by atoms with van der Waals surface area (Å²) in [7, 11) is 0. The van der Waals surface area contributed by atoms with Crippen molar-refractivity contribution in [2.75, 3.05) is 31.1 Å². The average molecular weight is 442 g/mol. The van der Waals surface area contributed by atoms with Crippen LogP contribution in [-0.4, -0.2) is 56.7 Å². The highest BCUT2D eigenvalue weighted by Crippen LogP contribution is 2.26. The Kier molecular flexibility index (Phi) is 5.56. The second-order valence-electron chi connectivity index (χ2n) is 8.01. The van der Waals surface area contributed by atoms with Crippen LogP contribution in [0.1, 0.15) is 15.9 Å². The van der Waals surface area contributed by atoms with Crippen LogP contribution in [0.15, 0.2) is 73.2 Å². The number of nitrogens with zero attached hydrogens (tertiary/aromatic N) is 6. The number of benzene rings is 2. The van der Waals surface area contributed by atoms with Crippen LogP contribution in [0.5, 0.6) is 0 Å². The molecule has 1 saturated heterocycles. The van der Waals surface area contributed by atoms with Crippen molar-refractivity contribution in [1.82, 2.24) is 24.6 Å². The van der Waals surface area contributed by atoms with E-state index in [9.17, 15) is 9.18 Å². The van der Waals surface area contributed by atoms with Crippen molar-refractivity contribution in [1.29, 1.82) is 0 Å². The largest absolute Gasteiger partial charge is 0.337 e. The van der Waals surface area contributed by atoms with Crippen molar-refractivity contribution in [3.05, 3.63) is 90.1 Å². The van der Waals surface area contributed by atoms with Gasteiger partial charge in [0.25, 0.3) is 5.91 Å². The first kappa shape index (κ1) is 20.8. The van der Waals surface area contributed by atoms with Gasteiger partial charge in [-0.3, -0.25) is 4.79 Å². The van der Waals surface area contributed by atoms with Crippen molar-refractivity contribution < 1.29 is 9.18 Å². The van der Waals surface area contributed by atoms with Gasteiger partial charge in [-0.05, 0) is 43.3 Å². The van der Waals surface area contributed by atoms with Gasteiger partial charge >= 0.3 is 0 Å². The van der Waals surface area contributed by atoms with E-state index < -0.39 is 0 Å². The van der Waals surface area contributed by atoms with Crippen LogP contribution in [0.4, 0.5) is 10.3 Å². The van der Waals surface area contributed by atoms with Crippen LogP contribution < -0.4 is 4.90 Å². The van der Waals surface area contributed by atoms with Gasteiger partial charge in [-0.25, -0.2) is 19.0 Å². The molecule has 1 amide bonds. The lowest BCUT2D eigenvalue weighted by Gasteiger charge is -2.34. The molecule has 0 radical (unpaired) electrons. The van der Waals surface area contributed by atoms with Crippen LogP contribution in [0.3, 0.4) is 0 Å². The number of hydrogen-bond donors (Lipinski definition) is 0. The zero-order valence-electron chi connectivity index (χ0n) is 18.2. The zero-order chi connectivity index (χ0) is 22.8. The predicted molar refractivity (Wildman–Crippen MR) is 124 cm³/mol. The molecule has 0 spiro atoms. The lowest BCUT2D eigenvalue weighted by Crippen LogP contribution is -2.49. The first-order chi connectivity index (χ1) is 16.1. The molecule has 166 valence electrons. The van der Waals surface area contributed by atoms with Crippen molar-refractivity contribution in [2.45, 2.75) is 6.92 Å². The summed E-state index contributed by atoms with van der Waals surface area (Å²) in [5.41, 5.74) is 3.78. The van der Waals surface area contributed by atoms with Gasteiger partial charge in [0.1, 0.15) is 11.5 Å². The topological polar surface area (TPSA) is 67.2 Å². The summed E-state index contributed by atoms with van der Waals surface area (Å²) in [6.45, 7) is 4.44. The molecule has 0 N–H and O–H groups in total. The standard InChI is InChI=1S/C25H23FN6O/c1-18-4-2-5-19(16-18)23-22(17-32(29-23)21-8-6-20(26)7-9-21)24(33)30-12-14-31(15-13-30)25-27-10-3-11-28-25/h2-11,16-17H,12-15H2,1H3. The highest BCUT2D eigenvalue weighted by molar-refractivity contribution is 6.00. The fourth-order valence-electron chi connectivity index (χ4n) is 4.00. The maximum absolute atomic E-state index is 13.6. The number of hydrogen-bond acceptors (Lipinski definition) is 5. The minimum atomic E-state index is -0.318. The van der Waals surface area contributed by atoms with Gasteiger partial charge in [0.2, 0.25) is 5.95 Å². The van der Waals surface area contributed by atoms with Gasteiger partial charge in [-0.15, -0.1) is 0 Å². The number of amides is 1. The Hall–Kier alpha value is -4.07. The fourth-order valence-corrected chi connectivity index (χ4v) is 4.00. The third kappa shape index (κ3) is 4.32. The third-order valence-electron chi connectivity index (χ3n) is 5.73. The molecule has 8 heteroatoms. The van der Waals surface area contributed by atoms with E-state index in [2.05, 4.69) is 14.9 Å². The zero-order valence-corrected chi connectivity index (χ0v) is 18.2. The summed E-state index contributed by atoms with van der Waals surface area (Å²) < 4.78 is 15.1. The summed E-state index contributed by atoms with van der Waals surface area (Å²) in [5, 5.41) is 4.72. The van der Waals surface area contributed by atoms with Crippen LogP contribution in [0.25, 0.3) is 16.9 Å². The van der Waals surface area contributed by atoms with E-state index in [0.717, 1.165) is 11.1 Å². The predicted octanol–water partition coefficient (Wildman–Crippen LogP) is 3.74. The smallest absolute Gasteiger partial charge is 0.257 e. The van der Waals surface area contributed by atoms with E-state index in [1.807, 2.05) is 36.1 Å². The molecule has 1 aliphatic heterocycles. The van der Waals surface area contributed by atoms with E-state index in [-0.39, 0.29) is 11.7 Å². The monoisotopic (exact) mass is 442 g/mol. The molecule has 0 aliphatic carbocycles. The van der Waals surface area contributed by atoms with Crippen LogP contribution in [-0.2, 0) is 0 Å². The third-order valence-corrected chi connectivity index (χ3v) is 5.73. The normalized spacial score (nSPS) is 13.9. The molecule has 33 heavy (non-hydrogen) atoms. The SMILES string of the molecule is Cc1cccc(-c2nn(-c3ccc(F)cc3)cc2C(=O)N2CCN(c3ncccn3)CC2)c1. The fraction of sp³-hybridized carbons (Fsp3) is 0.200. The molecular formula is C25H23FN6O. The number of piperazine rings is 1. The number of carbonyl (C=O) groups is 1. The number of rotatable bonds is 4. The molecule has 3 heterocycles. The Morgan fingerprint density at radius 2 is 1.67 bits per heavy atom. The van der Waals surface area contributed by atoms with Crippen LogP contribution in [0.2, 0.25) is 0 Å². The highest BCUT2D eigenvalue weighted by atomic mass is 19.1. The average Bonchev–Trinajstić information content (AvgIpc) is 3.30. The Morgan fingerprint density at radius 3 is 2.36 bits per heavy atom. The molecule has 0 atom stereocenters. The highest BCUT2D eigenvalue weighted by Gasteiger charge is 2.27. The van der Waals surface area contributed by atoms with Crippen LogP contribution >= 0.6 is 0 Å². The molecule has 2 aromatic heterocycles. The molecule has 0 saturated carbocycles. The Balaban J connectivity index is 1.45. The number of aryl methyl sites for hydroxylation is 1. The van der Waals surface area contributed by atoms with Gasteiger partial charge in [-0.2, -0.15) is 5.10 Å². The number of aromatic nitrogens is 4. The van der Waals surface area contributed by atoms with Crippen LogP contribution in [0, 0.1) is 12.7 Å². The second kappa shape index (κ2) is 8.82. The lowest BCUT2D eigenvalue weighted by atomic mass is 10.0. The summed E-state index contributed by atoms with van der Waals surface area (Å²) in [4.78, 5) is 26.1. The summed E-state index contributed by atoms with van der Waals surface area (Å²) in [6.07, 6.45) is 5.18. The number of anilines is 1. The summed E-state index contributed by atoms with van der Waals surface area (Å²) >= 11 is 0. The Bertz CT molecular complexity index is 1260. The van der Waals surface area contributed by atoms with Gasteiger partial charge < -0.3 is 9.80 Å². The van der Waals surface area contributed by atoms with Gasteiger partial charge in [0.15, 0.2) is 0 Å². The molecule has 0 unspecified atom stereocenters. The Labute approximate surface area is 191 Å². The van der Waals surface area contributed by atoms with E-state index >= 15 is 0 Å².